The number of benzene rings is 1. The van der Waals surface area contributed by atoms with Gasteiger partial charge in [-0.2, -0.15) is 15.0 Å². The first kappa shape index (κ1) is 25.2. The highest BCUT2D eigenvalue weighted by molar-refractivity contribution is 7.89. The first-order chi connectivity index (χ1) is 16.9. The SMILES string of the molecule is CCNc1nc(NCC)nc(C(N)C2CCC(CNS(=O)(=O)c3cccc4cccnc34)CC2)n1. The van der Waals surface area contributed by atoms with Crippen molar-refractivity contribution in [3.8, 4) is 0 Å². The fraction of sp³-hybridized carbons (Fsp3) is 0.500. The van der Waals surface area contributed by atoms with E-state index in [1.54, 1.807) is 24.4 Å². The predicted octanol–water partition coefficient (Wildman–Crippen LogP) is 3.07. The summed E-state index contributed by atoms with van der Waals surface area (Å²) in [6.45, 7) is 5.79. The van der Waals surface area contributed by atoms with E-state index in [0.29, 0.717) is 42.9 Å². The number of hydrogen-bond acceptors (Lipinski definition) is 9. The number of sulfonamides is 1. The molecular formula is C24H34N8O2S. The number of pyridine rings is 1. The van der Waals surface area contributed by atoms with E-state index in [0.717, 1.165) is 31.1 Å². The van der Waals surface area contributed by atoms with Crippen LogP contribution in [0.3, 0.4) is 0 Å². The van der Waals surface area contributed by atoms with Crippen LogP contribution in [0.25, 0.3) is 10.9 Å². The van der Waals surface area contributed by atoms with Crippen LogP contribution in [0.1, 0.15) is 51.4 Å². The van der Waals surface area contributed by atoms with E-state index in [-0.39, 0.29) is 22.8 Å². The molecule has 0 spiro atoms. The minimum Gasteiger partial charge on any atom is -0.354 e. The second-order valence-electron chi connectivity index (χ2n) is 8.89. The first-order valence-electron chi connectivity index (χ1n) is 12.2. The normalized spacial score (nSPS) is 19.4. The molecule has 1 saturated carbocycles. The number of hydrogen-bond donors (Lipinski definition) is 4. The Bertz CT molecular complexity index is 1220. The molecule has 2 aromatic heterocycles. The van der Waals surface area contributed by atoms with E-state index in [1.807, 2.05) is 26.0 Å². The zero-order valence-corrected chi connectivity index (χ0v) is 21.1. The van der Waals surface area contributed by atoms with E-state index in [1.165, 1.54) is 0 Å². The van der Waals surface area contributed by atoms with Crippen LogP contribution in [0.2, 0.25) is 0 Å². The van der Waals surface area contributed by atoms with Crippen molar-refractivity contribution in [3.05, 3.63) is 42.4 Å². The van der Waals surface area contributed by atoms with Gasteiger partial charge >= 0.3 is 0 Å². The Kier molecular flexibility index (Phi) is 8.09. The Labute approximate surface area is 206 Å². The van der Waals surface area contributed by atoms with Crippen LogP contribution in [-0.2, 0) is 10.0 Å². The van der Waals surface area contributed by atoms with Gasteiger partial charge in [0.05, 0.1) is 11.6 Å². The Morgan fingerprint density at radius 1 is 0.971 bits per heavy atom. The molecule has 11 heteroatoms. The van der Waals surface area contributed by atoms with E-state index < -0.39 is 10.0 Å². The van der Waals surface area contributed by atoms with E-state index >= 15 is 0 Å². The van der Waals surface area contributed by atoms with Crippen LogP contribution >= 0.6 is 0 Å². The van der Waals surface area contributed by atoms with Gasteiger partial charge in [-0.1, -0.05) is 18.2 Å². The molecule has 1 aromatic carbocycles. The monoisotopic (exact) mass is 498 g/mol. The number of nitrogens with zero attached hydrogens (tertiary/aromatic N) is 4. The summed E-state index contributed by atoms with van der Waals surface area (Å²) in [6.07, 6.45) is 5.17. The molecule has 3 aromatic rings. The number of nitrogens with two attached hydrogens (primary N) is 1. The summed E-state index contributed by atoms with van der Waals surface area (Å²) in [4.78, 5) is 17.9. The molecule has 188 valence electrons. The third kappa shape index (κ3) is 6.03. The van der Waals surface area contributed by atoms with Gasteiger partial charge in [0.15, 0.2) is 5.82 Å². The van der Waals surface area contributed by atoms with Gasteiger partial charge in [-0.05, 0) is 63.5 Å². The molecule has 1 fully saturated rings. The smallest absolute Gasteiger partial charge is 0.242 e. The number of para-hydroxylation sites is 1. The van der Waals surface area contributed by atoms with Gasteiger partial charge in [0.2, 0.25) is 21.9 Å². The Morgan fingerprint density at radius 3 is 2.29 bits per heavy atom. The second kappa shape index (κ2) is 11.2. The van der Waals surface area contributed by atoms with Crippen molar-refractivity contribution < 1.29 is 8.42 Å². The van der Waals surface area contributed by atoms with Crippen molar-refractivity contribution in [2.24, 2.45) is 17.6 Å². The van der Waals surface area contributed by atoms with Crippen LogP contribution in [0, 0.1) is 11.8 Å². The largest absolute Gasteiger partial charge is 0.354 e. The molecule has 4 rings (SSSR count). The van der Waals surface area contributed by atoms with Gasteiger partial charge in [-0.15, -0.1) is 0 Å². The number of aromatic nitrogens is 4. The second-order valence-corrected chi connectivity index (χ2v) is 10.6. The minimum atomic E-state index is -3.66. The Hall–Kier alpha value is -2.89. The summed E-state index contributed by atoms with van der Waals surface area (Å²) in [5.41, 5.74) is 7.08. The lowest BCUT2D eigenvalue weighted by molar-refractivity contribution is 0.240. The van der Waals surface area contributed by atoms with Gasteiger partial charge in [0.25, 0.3) is 0 Å². The maximum absolute atomic E-state index is 13.0. The Balaban J connectivity index is 1.37. The standard InChI is InChI=1S/C24H34N8O2S/c1-3-26-23-30-22(31-24(32-23)27-4-2)20(25)17-12-10-16(11-13-17)15-29-35(33,34)19-9-5-7-18-8-6-14-28-21(18)19/h5-9,14,16-17,20,29H,3-4,10-13,15,25H2,1-2H3,(H2,26,27,30,31,32). The van der Waals surface area contributed by atoms with Crippen LogP contribution in [0.4, 0.5) is 11.9 Å². The molecule has 0 bridgehead atoms. The molecule has 35 heavy (non-hydrogen) atoms. The van der Waals surface area contributed by atoms with E-state index in [4.69, 9.17) is 5.73 Å². The average Bonchev–Trinajstić information content (AvgIpc) is 2.87. The molecule has 0 aliphatic heterocycles. The highest BCUT2D eigenvalue weighted by Crippen LogP contribution is 2.35. The van der Waals surface area contributed by atoms with Crippen molar-refractivity contribution in [1.82, 2.24) is 24.7 Å². The maximum atomic E-state index is 13.0. The molecular weight excluding hydrogens is 464 g/mol. The van der Waals surface area contributed by atoms with Crippen molar-refractivity contribution in [3.63, 3.8) is 0 Å². The molecule has 5 N–H and O–H groups in total. The fourth-order valence-corrected chi connectivity index (χ4v) is 5.87. The highest BCUT2D eigenvalue weighted by atomic mass is 32.2. The third-order valence-electron chi connectivity index (χ3n) is 6.47. The maximum Gasteiger partial charge on any atom is 0.242 e. The number of rotatable bonds is 10. The van der Waals surface area contributed by atoms with Crippen molar-refractivity contribution in [2.75, 3.05) is 30.3 Å². The summed E-state index contributed by atoms with van der Waals surface area (Å²) in [5.74, 6) is 2.12. The lowest BCUT2D eigenvalue weighted by atomic mass is 9.78. The van der Waals surface area contributed by atoms with Crippen molar-refractivity contribution >= 4 is 32.8 Å². The van der Waals surface area contributed by atoms with Gasteiger partial charge in [-0.25, -0.2) is 13.1 Å². The van der Waals surface area contributed by atoms with Crippen LogP contribution in [0.15, 0.2) is 41.4 Å². The van der Waals surface area contributed by atoms with Crippen LogP contribution < -0.4 is 21.1 Å². The van der Waals surface area contributed by atoms with Gasteiger partial charge in [0, 0.05) is 31.2 Å². The fourth-order valence-electron chi connectivity index (χ4n) is 4.58. The molecule has 0 saturated heterocycles. The molecule has 2 heterocycles. The molecule has 10 nitrogen and oxygen atoms in total. The van der Waals surface area contributed by atoms with Crippen molar-refractivity contribution in [1.29, 1.82) is 0 Å². The summed E-state index contributed by atoms with van der Waals surface area (Å²) in [7, 11) is -3.66. The van der Waals surface area contributed by atoms with E-state index in [2.05, 4.69) is 35.3 Å². The highest BCUT2D eigenvalue weighted by Gasteiger charge is 2.29. The predicted molar refractivity (Wildman–Crippen MR) is 137 cm³/mol. The van der Waals surface area contributed by atoms with Gasteiger partial charge in [-0.3, -0.25) is 4.98 Å². The molecule has 1 aliphatic rings. The molecule has 1 unspecified atom stereocenters. The molecule has 0 amide bonds. The summed E-state index contributed by atoms with van der Waals surface area (Å²) in [6, 6.07) is 8.57. The number of anilines is 2. The Morgan fingerprint density at radius 2 is 1.63 bits per heavy atom. The molecule has 1 atom stereocenters. The first-order valence-corrected chi connectivity index (χ1v) is 13.7. The molecule has 1 aliphatic carbocycles. The lowest BCUT2D eigenvalue weighted by Crippen LogP contribution is -2.34. The quantitative estimate of drug-likeness (QED) is 0.331. The van der Waals surface area contributed by atoms with Gasteiger partial charge in [0.1, 0.15) is 4.90 Å². The van der Waals surface area contributed by atoms with Crippen LogP contribution in [-0.4, -0.2) is 48.0 Å². The average molecular weight is 499 g/mol. The van der Waals surface area contributed by atoms with Crippen molar-refractivity contribution in [2.45, 2.75) is 50.5 Å². The zero-order valence-electron chi connectivity index (χ0n) is 20.2. The summed E-state index contributed by atoms with van der Waals surface area (Å²) in [5, 5.41) is 7.08. The zero-order chi connectivity index (χ0) is 24.8. The number of nitrogens with one attached hydrogen (secondary N) is 3. The topological polar surface area (TPSA) is 148 Å². The minimum absolute atomic E-state index is 0.217. The third-order valence-corrected chi connectivity index (χ3v) is 7.92. The van der Waals surface area contributed by atoms with Gasteiger partial charge < -0.3 is 16.4 Å². The molecule has 0 radical (unpaired) electrons. The lowest BCUT2D eigenvalue weighted by Gasteiger charge is -2.31. The summed E-state index contributed by atoms with van der Waals surface area (Å²) >= 11 is 0. The van der Waals surface area contributed by atoms with Crippen LogP contribution in [0.5, 0.6) is 0 Å². The summed E-state index contributed by atoms with van der Waals surface area (Å²) < 4.78 is 28.8. The van der Waals surface area contributed by atoms with E-state index in [9.17, 15) is 8.42 Å². The number of fused-ring (bicyclic) bond motifs is 1.